The third kappa shape index (κ3) is 3.09. The van der Waals surface area contributed by atoms with Crippen LogP contribution in [0.25, 0.3) is 0 Å². The summed E-state index contributed by atoms with van der Waals surface area (Å²) >= 11 is 0. The first-order valence-corrected chi connectivity index (χ1v) is 11.8. The molecule has 3 atom stereocenters. The number of fused-ring (bicyclic) bond motifs is 2. The van der Waals surface area contributed by atoms with E-state index < -0.39 is 0 Å². The largest absolute Gasteiger partial charge is 0.367 e. The Balaban J connectivity index is 1.26. The van der Waals surface area contributed by atoms with Crippen LogP contribution in [-0.4, -0.2) is 18.0 Å². The standard InChI is InChI=1S/C24H38O2/c1-2-24(7-6-17-4-3-5-18(8-17)15-24)26-16-22(25)23-12-19-9-20(13-23)11-21(10-19)14-23/h17-21H,2-16H2,1H3/t17-,18-,19?,20?,21?,23?,24+/m0/s1. The number of carbonyl (C=O) groups is 1. The molecule has 0 aromatic rings. The van der Waals surface area contributed by atoms with Crippen LogP contribution in [-0.2, 0) is 9.53 Å². The maximum absolute atomic E-state index is 13.4. The number of carbonyl (C=O) groups excluding carboxylic acids is 1. The molecule has 0 aliphatic heterocycles. The van der Waals surface area contributed by atoms with Crippen molar-refractivity contribution in [2.75, 3.05) is 6.61 Å². The number of rotatable bonds is 5. The summed E-state index contributed by atoms with van der Waals surface area (Å²) < 4.78 is 6.61. The van der Waals surface area contributed by atoms with Crippen LogP contribution in [0.2, 0.25) is 0 Å². The van der Waals surface area contributed by atoms with Crippen molar-refractivity contribution in [3.8, 4) is 0 Å². The van der Waals surface area contributed by atoms with Crippen molar-refractivity contribution >= 4 is 5.78 Å². The summed E-state index contributed by atoms with van der Waals surface area (Å²) in [7, 11) is 0. The molecule has 6 saturated carbocycles. The van der Waals surface area contributed by atoms with E-state index in [9.17, 15) is 4.79 Å². The molecule has 6 aliphatic carbocycles. The Hall–Kier alpha value is -0.370. The van der Waals surface area contributed by atoms with Gasteiger partial charge in [-0.15, -0.1) is 0 Å². The summed E-state index contributed by atoms with van der Waals surface area (Å²) in [5.41, 5.74) is 0.0199. The van der Waals surface area contributed by atoms with Gasteiger partial charge in [-0.25, -0.2) is 0 Å². The van der Waals surface area contributed by atoms with Crippen molar-refractivity contribution in [1.29, 1.82) is 0 Å². The monoisotopic (exact) mass is 358 g/mol. The topological polar surface area (TPSA) is 26.3 Å². The Kier molecular flexibility index (Phi) is 4.50. The molecule has 0 unspecified atom stereocenters. The van der Waals surface area contributed by atoms with Crippen LogP contribution in [0.15, 0.2) is 0 Å². The van der Waals surface area contributed by atoms with E-state index in [1.165, 1.54) is 83.5 Å². The zero-order chi connectivity index (χ0) is 17.8. The van der Waals surface area contributed by atoms with Gasteiger partial charge in [0.25, 0.3) is 0 Å². The van der Waals surface area contributed by atoms with Crippen LogP contribution in [0.1, 0.15) is 96.8 Å². The molecular formula is C24H38O2. The SMILES string of the molecule is CC[C@@]1(OCC(=O)C23CC4CC(CC(C4)C2)C3)CC[C@@H]2CCC[C@@H](C2)C1. The normalized spacial score (nSPS) is 49.8. The molecule has 26 heavy (non-hydrogen) atoms. The molecular weight excluding hydrogens is 320 g/mol. The van der Waals surface area contributed by atoms with Crippen molar-refractivity contribution < 1.29 is 9.53 Å². The predicted octanol–water partition coefficient (Wildman–Crippen LogP) is 5.93. The van der Waals surface area contributed by atoms with Crippen molar-refractivity contribution in [2.45, 2.75) is 102 Å². The Morgan fingerprint density at radius 2 is 1.46 bits per heavy atom. The third-order valence-corrected chi connectivity index (χ3v) is 9.34. The van der Waals surface area contributed by atoms with Crippen LogP contribution in [0.3, 0.4) is 0 Å². The van der Waals surface area contributed by atoms with Gasteiger partial charge in [0.1, 0.15) is 6.61 Å². The van der Waals surface area contributed by atoms with Crippen LogP contribution in [0, 0.1) is 35.0 Å². The molecule has 146 valence electrons. The van der Waals surface area contributed by atoms with E-state index in [4.69, 9.17) is 4.74 Å². The lowest BCUT2D eigenvalue weighted by Crippen LogP contribution is -2.51. The summed E-state index contributed by atoms with van der Waals surface area (Å²) in [6, 6.07) is 0. The molecule has 2 heteroatoms. The van der Waals surface area contributed by atoms with Crippen molar-refractivity contribution in [1.82, 2.24) is 0 Å². The molecule has 0 spiro atoms. The van der Waals surface area contributed by atoms with Crippen LogP contribution in [0.4, 0.5) is 0 Å². The summed E-state index contributed by atoms with van der Waals surface area (Å²) in [4.78, 5) is 13.4. The van der Waals surface area contributed by atoms with Gasteiger partial charge in [-0.2, -0.15) is 0 Å². The van der Waals surface area contributed by atoms with Gasteiger partial charge in [0.15, 0.2) is 5.78 Å². The fraction of sp³-hybridized carbons (Fsp3) is 0.958. The fourth-order valence-corrected chi connectivity index (χ4v) is 8.32. The average molecular weight is 359 g/mol. The number of hydrogen-bond acceptors (Lipinski definition) is 2. The molecule has 0 aromatic heterocycles. The zero-order valence-corrected chi connectivity index (χ0v) is 16.8. The van der Waals surface area contributed by atoms with E-state index in [0.29, 0.717) is 12.4 Å². The molecule has 0 saturated heterocycles. The Morgan fingerprint density at radius 3 is 2.12 bits per heavy atom. The third-order valence-electron chi connectivity index (χ3n) is 9.34. The highest BCUT2D eigenvalue weighted by molar-refractivity contribution is 5.86. The second-order valence-corrected chi connectivity index (χ2v) is 11.1. The van der Waals surface area contributed by atoms with E-state index in [0.717, 1.165) is 36.0 Å². The molecule has 6 fully saturated rings. The first-order chi connectivity index (χ1) is 12.6. The summed E-state index contributed by atoms with van der Waals surface area (Å²) in [6.45, 7) is 2.71. The minimum absolute atomic E-state index is 0.00170. The van der Waals surface area contributed by atoms with E-state index in [1.807, 2.05) is 0 Å². The first-order valence-electron chi connectivity index (χ1n) is 11.8. The van der Waals surface area contributed by atoms with Gasteiger partial charge in [-0.05, 0) is 100 Å². The molecule has 0 N–H and O–H groups in total. The molecule has 0 amide bonds. The summed E-state index contributed by atoms with van der Waals surface area (Å²) in [6.07, 6.45) is 18.3. The number of ketones is 1. The summed E-state index contributed by atoms with van der Waals surface area (Å²) in [5.74, 6) is 4.82. The Labute approximate surface area is 159 Å². The zero-order valence-electron chi connectivity index (χ0n) is 16.8. The van der Waals surface area contributed by atoms with Crippen LogP contribution < -0.4 is 0 Å². The van der Waals surface area contributed by atoms with Gasteiger partial charge in [0.05, 0.1) is 5.60 Å². The quantitative estimate of drug-likeness (QED) is 0.609. The molecule has 6 rings (SSSR count). The minimum Gasteiger partial charge on any atom is -0.367 e. The lowest BCUT2D eigenvalue weighted by atomic mass is 9.48. The van der Waals surface area contributed by atoms with Gasteiger partial charge < -0.3 is 4.74 Å². The fourth-order valence-electron chi connectivity index (χ4n) is 8.32. The minimum atomic E-state index is 0.00170. The van der Waals surface area contributed by atoms with Gasteiger partial charge in [-0.1, -0.05) is 26.2 Å². The van der Waals surface area contributed by atoms with Crippen LogP contribution >= 0.6 is 0 Å². The van der Waals surface area contributed by atoms with E-state index >= 15 is 0 Å². The highest BCUT2D eigenvalue weighted by Crippen LogP contribution is 2.60. The highest BCUT2D eigenvalue weighted by Gasteiger charge is 2.54. The van der Waals surface area contributed by atoms with Crippen LogP contribution in [0.5, 0.6) is 0 Å². The van der Waals surface area contributed by atoms with E-state index in [1.54, 1.807) is 0 Å². The summed E-state index contributed by atoms with van der Waals surface area (Å²) in [5, 5.41) is 0. The average Bonchev–Trinajstić information content (AvgIpc) is 2.74. The number of ether oxygens (including phenoxy) is 1. The Morgan fingerprint density at radius 1 is 0.846 bits per heavy atom. The molecule has 0 heterocycles. The van der Waals surface area contributed by atoms with Gasteiger partial charge >= 0.3 is 0 Å². The highest BCUT2D eigenvalue weighted by atomic mass is 16.5. The predicted molar refractivity (Wildman–Crippen MR) is 104 cm³/mol. The van der Waals surface area contributed by atoms with E-state index in [2.05, 4.69) is 6.92 Å². The second kappa shape index (κ2) is 6.61. The van der Waals surface area contributed by atoms with Gasteiger partial charge in [0, 0.05) is 5.41 Å². The van der Waals surface area contributed by atoms with Gasteiger partial charge in [0.2, 0.25) is 0 Å². The number of hydrogen-bond donors (Lipinski definition) is 0. The van der Waals surface area contributed by atoms with Crippen molar-refractivity contribution in [3.05, 3.63) is 0 Å². The lowest BCUT2D eigenvalue weighted by Gasteiger charge is -2.56. The molecule has 2 nitrogen and oxygen atoms in total. The van der Waals surface area contributed by atoms with E-state index in [-0.39, 0.29) is 11.0 Å². The molecule has 6 aliphatic rings. The maximum atomic E-state index is 13.4. The number of Topliss-reactive ketones (excluding diaryl/α,β-unsaturated/α-hetero) is 1. The lowest BCUT2D eigenvalue weighted by molar-refractivity contribution is -0.157. The van der Waals surface area contributed by atoms with Crippen molar-refractivity contribution in [3.63, 3.8) is 0 Å². The molecule has 0 aromatic carbocycles. The van der Waals surface area contributed by atoms with Crippen molar-refractivity contribution in [2.24, 2.45) is 35.0 Å². The first kappa shape index (κ1) is 17.7. The smallest absolute Gasteiger partial charge is 0.164 e. The second-order valence-electron chi connectivity index (χ2n) is 11.1. The maximum Gasteiger partial charge on any atom is 0.164 e. The molecule has 6 bridgehead atoms. The Bertz CT molecular complexity index is 517. The van der Waals surface area contributed by atoms with Gasteiger partial charge in [-0.3, -0.25) is 4.79 Å². The molecule has 0 radical (unpaired) electrons.